The van der Waals surface area contributed by atoms with Gasteiger partial charge in [-0.1, -0.05) is 71.9 Å². The van der Waals surface area contributed by atoms with Gasteiger partial charge in [-0.05, 0) is 91.9 Å². The summed E-state index contributed by atoms with van der Waals surface area (Å²) in [5.41, 5.74) is 5.70. The van der Waals surface area contributed by atoms with Gasteiger partial charge in [-0.3, -0.25) is 24.5 Å². The minimum absolute atomic E-state index is 0.134. The Morgan fingerprint density at radius 2 is 1.24 bits per heavy atom. The van der Waals surface area contributed by atoms with Crippen molar-refractivity contribution >= 4 is 94.8 Å². The topological polar surface area (TPSA) is 206 Å². The normalized spacial score (nSPS) is 24.0. The average molecular weight is 918 g/mol. The van der Waals surface area contributed by atoms with Crippen LogP contribution in [0, 0.1) is 0 Å². The number of likely N-dealkylation sites (tertiary alicyclic amines) is 2. The molecule has 4 aliphatic heterocycles. The molecule has 316 valence electrons. The van der Waals surface area contributed by atoms with Gasteiger partial charge in [0.05, 0.1) is 24.1 Å². The molecule has 19 heteroatoms. The van der Waals surface area contributed by atoms with Crippen LogP contribution in [0.2, 0.25) is 0 Å². The smallest absolute Gasteiger partial charge is 0.326 e. The van der Waals surface area contributed by atoms with Crippen LogP contribution in [0.5, 0.6) is 0 Å². The Bertz CT molecular complexity index is 1230. The van der Waals surface area contributed by atoms with Crippen LogP contribution in [0.4, 0.5) is 0 Å². The predicted octanol–water partition coefficient (Wildman–Crippen LogP) is 5.34. The maximum absolute atomic E-state index is 12.7. The van der Waals surface area contributed by atoms with Crippen molar-refractivity contribution in [3.63, 3.8) is 0 Å². The van der Waals surface area contributed by atoms with Crippen molar-refractivity contribution in [2.45, 2.75) is 150 Å². The van der Waals surface area contributed by atoms with E-state index in [-0.39, 0.29) is 28.6 Å². The first kappa shape index (κ1) is 49.8. The second-order valence-electron chi connectivity index (χ2n) is 13.7. The molecule has 4 fully saturated rings. The summed E-state index contributed by atoms with van der Waals surface area (Å²) in [6.45, 7) is 8.68. The molecule has 4 heterocycles. The number of aliphatic carboxylic acids is 2. The Morgan fingerprint density at radius 1 is 0.764 bits per heavy atom. The Kier molecular flexibility index (Phi) is 24.7. The number of ether oxygens (including phenoxy) is 2. The van der Waals surface area contributed by atoms with E-state index >= 15 is 0 Å². The number of halogens is 1. The molecule has 8 unspecified atom stereocenters. The maximum atomic E-state index is 12.7. The summed E-state index contributed by atoms with van der Waals surface area (Å²) in [7, 11) is 7.73. The van der Waals surface area contributed by atoms with E-state index in [4.69, 9.17) is 20.3 Å². The number of amides is 2. The highest BCUT2D eigenvalue weighted by Gasteiger charge is 2.37. The van der Waals surface area contributed by atoms with E-state index in [0.29, 0.717) is 57.2 Å². The quantitative estimate of drug-likeness (QED) is 0.0778. The van der Waals surface area contributed by atoms with Gasteiger partial charge in [-0.15, -0.1) is 0 Å². The average Bonchev–Trinajstić information content (AvgIpc) is 3.99. The molecule has 4 rings (SSSR count). The van der Waals surface area contributed by atoms with Crippen LogP contribution >= 0.6 is 59.1 Å². The van der Waals surface area contributed by atoms with Gasteiger partial charge in [0.25, 0.3) is 0 Å². The Morgan fingerprint density at radius 3 is 1.67 bits per heavy atom. The lowest BCUT2D eigenvalue weighted by Gasteiger charge is -2.28. The maximum Gasteiger partial charge on any atom is 0.326 e. The van der Waals surface area contributed by atoms with Gasteiger partial charge in [-0.25, -0.2) is 9.59 Å². The lowest BCUT2D eigenvalue weighted by Crippen LogP contribution is -2.53. The number of hydrogen-bond acceptors (Lipinski definition) is 14. The molecule has 4 saturated heterocycles. The fourth-order valence-corrected chi connectivity index (χ4v) is 12.9. The van der Waals surface area contributed by atoms with Crippen molar-refractivity contribution in [1.82, 2.24) is 15.1 Å². The van der Waals surface area contributed by atoms with Gasteiger partial charge < -0.3 is 35.2 Å². The monoisotopic (exact) mass is 916 g/mol. The first-order chi connectivity index (χ1) is 26.2. The highest BCUT2D eigenvalue weighted by molar-refractivity contribution is 9.10. The van der Waals surface area contributed by atoms with Crippen molar-refractivity contribution in [1.29, 1.82) is 0 Å². The summed E-state index contributed by atoms with van der Waals surface area (Å²) < 4.78 is 10.0. The minimum Gasteiger partial charge on any atom is -0.480 e. The number of nitrogens with zero attached hydrogens (tertiary/aromatic N) is 2. The summed E-state index contributed by atoms with van der Waals surface area (Å²) in [5.74, 6) is -0.434. The van der Waals surface area contributed by atoms with Crippen molar-refractivity contribution in [3.05, 3.63) is 0 Å². The summed E-state index contributed by atoms with van der Waals surface area (Å²) in [5, 5.41) is 22.6. The van der Waals surface area contributed by atoms with Crippen LogP contribution in [-0.2, 0) is 38.2 Å². The predicted molar refractivity (Wildman–Crippen MR) is 225 cm³/mol. The third kappa shape index (κ3) is 18.0. The van der Waals surface area contributed by atoms with Crippen molar-refractivity contribution in [3.8, 4) is 0 Å². The molecular formula is C36H61BrN4O10S4. The van der Waals surface area contributed by atoms with E-state index < -0.39 is 42.1 Å². The first-order valence-corrected chi connectivity index (χ1v) is 25.0. The number of carboxylic acid groups (broad SMARTS) is 2. The number of hydrogen-bond donors (Lipinski definition) is 4. The first-order valence-electron chi connectivity index (χ1n) is 19.3. The van der Waals surface area contributed by atoms with E-state index in [9.17, 15) is 33.9 Å². The number of rotatable bonds is 18. The van der Waals surface area contributed by atoms with Crippen molar-refractivity contribution < 1.29 is 48.5 Å². The van der Waals surface area contributed by atoms with Gasteiger partial charge in [0, 0.05) is 35.1 Å². The molecule has 55 heavy (non-hydrogen) atoms. The van der Waals surface area contributed by atoms with E-state index in [1.165, 1.54) is 40.6 Å². The van der Waals surface area contributed by atoms with Crippen molar-refractivity contribution in [2.24, 2.45) is 5.73 Å². The standard InChI is InChI=1S/C18H30N2O5S2.C10H19NO2S2.C8H12BrNO3/c1-3-25-18(24)14(7-4-6-13-9-11-26-27-13)19-12(2)16(21)20-10-5-8-15(20)17(22)23;1-2-13-10(12)9(11)5-3-4-8-6-7-14-15-8;1-5(9)7(11)10-4-2-3-6(10)8(12)13/h12-15,19H,3-11H2,1-2H3,(H,22,23);8-9H,2-7,11H2,1H3;5-6H,2-4H2,1H3,(H,12,13). The molecule has 0 bridgehead atoms. The lowest BCUT2D eigenvalue weighted by molar-refractivity contribution is -0.150. The molecular weight excluding hydrogens is 857 g/mol. The molecule has 0 aromatic rings. The van der Waals surface area contributed by atoms with Crippen LogP contribution in [-0.4, -0.2) is 139 Å². The Labute approximate surface area is 350 Å². The fraction of sp³-hybridized carbons (Fsp3) is 0.833. The SMILES string of the molecule is CC(Br)C(=O)N1CCCC1C(=O)O.CCOC(=O)C(CCCC1CCSS1)NC(C)C(=O)N1CCCC1C(=O)O.CCOC(=O)C(N)CCCC1CCSS1. The molecule has 0 aromatic heterocycles. The minimum atomic E-state index is -0.970. The van der Waals surface area contributed by atoms with E-state index in [1.807, 2.05) is 43.2 Å². The second kappa shape index (κ2) is 27.3. The summed E-state index contributed by atoms with van der Waals surface area (Å²) in [4.78, 5) is 72.3. The third-order valence-electron chi connectivity index (χ3n) is 9.48. The molecule has 0 aromatic carbocycles. The number of carbonyl (C=O) groups excluding carboxylic acids is 4. The van der Waals surface area contributed by atoms with Crippen LogP contribution in [0.3, 0.4) is 0 Å². The van der Waals surface area contributed by atoms with Gasteiger partial charge in [0.15, 0.2) is 0 Å². The Balaban J connectivity index is 0.000000314. The molecule has 0 aliphatic carbocycles. The summed E-state index contributed by atoms with van der Waals surface area (Å²) >= 11 is 3.14. The zero-order valence-electron chi connectivity index (χ0n) is 32.5. The summed E-state index contributed by atoms with van der Waals surface area (Å²) in [6, 6.07) is -2.99. The largest absolute Gasteiger partial charge is 0.480 e. The van der Waals surface area contributed by atoms with Gasteiger partial charge in [0.1, 0.15) is 24.2 Å². The zero-order valence-corrected chi connectivity index (χ0v) is 37.3. The molecule has 8 atom stereocenters. The third-order valence-corrected chi connectivity index (χ3v) is 15.9. The van der Waals surface area contributed by atoms with E-state index in [0.717, 1.165) is 37.4 Å². The molecule has 2 amide bonds. The molecule has 0 spiro atoms. The number of esters is 2. The van der Waals surface area contributed by atoms with E-state index in [2.05, 4.69) is 21.2 Å². The van der Waals surface area contributed by atoms with Crippen molar-refractivity contribution in [2.75, 3.05) is 37.8 Å². The molecule has 5 N–H and O–H groups in total. The van der Waals surface area contributed by atoms with Crippen LogP contribution < -0.4 is 11.1 Å². The fourth-order valence-electron chi connectivity index (χ4n) is 6.55. The molecule has 0 radical (unpaired) electrons. The number of nitrogens with one attached hydrogen (secondary N) is 1. The van der Waals surface area contributed by atoms with Crippen LogP contribution in [0.25, 0.3) is 0 Å². The van der Waals surface area contributed by atoms with Gasteiger partial charge in [-0.2, -0.15) is 0 Å². The number of carbonyl (C=O) groups is 6. The summed E-state index contributed by atoms with van der Waals surface area (Å²) in [6.07, 6.45) is 10.5. The Hall–Kier alpha value is -1.38. The second-order valence-corrected chi connectivity index (χ2v) is 20.7. The highest BCUT2D eigenvalue weighted by Crippen LogP contribution is 2.40. The molecule has 4 aliphatic rings. The lowest BCUT2D eigenvalue weighted by atomic mass is 10.1. The van der Waals surface area contributed by atoms with Gasteiger partial charge in [0.2, 0.25) is 11.8 Å². The number of carboxylic acids is 2. The van der Waals surface area contributed by atoms with Gasteiger partial charge >= 0.3 is 23.9 Å². The zero-order chi connectivity index (χ0) is 40.9. The molecule has 0 saturated carbocycles. The molecule has 14 nitrogen and oxygen atoms in total. The number of nitrogens with two attached hydrogens (primary N) is 1. The highest BCUT2D eigenvalue weighted by atomic mass is 79.9. The van der Waals surface area contributed by atoms with Crippen LogP contribution in [0.15, 0.2) is 0 Å². The van der Waals surface area contributed by atoms with E-state index in [1.54, 1.807) is 27.7 Å². The van der Waals surface area contributed by atoms with Crippen LogP contribution in [0.1, 0.15) is 105 Å². The number of alkyl halides is 1.